The lowest BCUT2D eigenvalue weighted by molar-refractivity contribution is -0.136. The molecule has 1 aliphatic rings. The molecule has 0 heterocycles. The van der Waals surface area contributed by atoms with Gasteiger partial charge in [-0.2, -0.15) is 11.8 Å². The van der Waals surface area contributed by atoms with Crippen molar-refractivity contribution in [2.75, 3.05) is 12.8 Å². The van der Waals surface area contributed by atoms with Crippen molar-refractivity contribution < 1.29 is 9.90 Å². The molecule has 3 nitrogen and oxygen atoms in total. The van der Waals surface area contributed by atoms with E-state index < -0.39 is 5.60 Å². The van der Waals surface area contributed by atoms with Gasteiger partial charge in [0.2, 0.25) is 0 Å². The molecule has 2 N–H and O–H groups in total. The highest BCUT2D eigenvalue weighted by Crippen LogP contribution is 2.39. The number of carbonyl (C=O) groups excluding carboxylic acids is 1. The van der Waals surface area contributed by atoms with Gasteiger partial charge in [-0.05, 0) is 32.9 Å². The molecule has 0 saturated heterocycles. The molecule has 88 valence electrons. The maximum atomic E-state index is 11.5. The molecular weight excluding hydrogens is 210 g/mol. The molecule has 15 heavy (non-hydrogen) atoms. The zero-order valence-electron chi connectivity index (χ0n) is 9.80. The zero-order valence-corrected chi connectivity index (χ0v) is 10.6. The molecule has 0 radical (unpaired) electrons. The van der Waals surface area contributed by atoms with Crippen molar-refractivity contribution in [2.45, 2.75) is 49.9 Å². The van der Waals surface area contributed by atoms with Gasteiger partial charge in [0.05, 0.1) is 0 Å². The van der Waals surface area contributed by atoms with Gasteiger partial charge < -0.3 is 10.4 Å². The summed E-state index contributed by atoms with van der Waals surface area (Å²) in [6.07, 6.45) is 6.93. The molecule has 0 aliphatic heterocycles. The lowest BCUT2D eigenvalue weighted by atomic mass is 10.1. The third-order valence-corrected chi connectivity index (χ3v) is 4.49. The Bertz CT molecular complexity index is 229. The van der Waals surface area contributed by atoms with Gasteiger partial charge in [-0.25, -0.2) is 0 Å². The molecule has 0 aromatic carbocycles. The van der Waals surface area contributed by atoms with Gasteiger partial charge in [-0.1, -0.05) is 12.8 Å². The minimum Gasteiger partial charge on any atom is -0.381 e. The van der Waals surface area contributed by atoms with Gasteiger partial charge in [0.1, 0.15) is 5.60 Å². The van der Waals surface area contributed by atoms with Crippen LogP contribution in [0, 0.1) is 0 Å². The van der Waals surface area contributed by atoms with Gasteiger partial charge in [0, 0.05) is 11.3 Å². The van der Waals surface area contributed by atoms with Crippen molar-refractivity contribution in [3.63, 3.8) is 0 Å². The monoisotopic (exact) mass is 231 g/mol. The SMILES string of the molecule is CSC1(CNC(=O)C(C)(C)O)CCCC1. The molecule has 0 aromatic rings. The van der Waals surface area contributed by atoms with Crippen LogP contribution >= 0.6 is 11.8 Å². The van der Waals surface area contributed by atoms with Gasteiger partial charge in [0.25, 0.3) is 5.91 Å². The second-order valence-corrected chi connectivity index (χ2v) is 6.11. The van der Waals surface area contributed by atoms with E-state index in [1.807, 2.05) is 11.8 Å². The maximum Gasteiger partial charge on any atom is 0.251 e. The smallest absolute Gasteiger partial charge is 0.251 e. The molecule has 1 amide bonds. The molecule has 0 aromatic heterocycles. The first kappa shape index (κ1) is 12.8. The number of thioether (sulfide) groups is 1. The van der Waals surface area contributed by atoms with Crippen LogP contribution < -0.4 is 5.32 Å². The summed E-state index contributed by atoms with van der Waals surface area (Å²) in [5.74, 6) is -0.275. The standard InChI is InChI=1S/C11H21NO2S/c1-10(2,14)9(13)12-8-11(15-3)6-4-5-7-11/h14H,4-8H2,1-3H3,(H,12,13). The highest BCUT2D eigenvalue weighted by atomic mass is 32.2. The van der Waals surface area contributed by atoms with E-state index in [0.29, 0.717) is 6.54 Å². The first-order chi connectivity index (χ1) is 6.90. The lowest BCUT2D eigenvalue weighted by Crippen LogP contribution is -2.47. The number of nitrogens with one attached hydrogen (secondary N) is 1. The lowest BCUT2D eigenvalue weighted by Gasteiger charge is -2.28. The second-order valence-electron chi connectivity index (χ2n) is 4.84. The Morgan fingerprint density at radius 2 is 2.00 bits per heavy atom. The normalized spacial score (nSPS) is 20.3. The summed E-state index contributed by atoms with van der Waals surface area (Å²) < 4.78 is 0.209. The topological polar surface area (TPSA) is 49.3 Å². The van der Waals surface area contributed by atoms with Crippen molar-refractivity contribution in [1.82, 2.24) is 5.32 Å². The van der Waals surface area contributed by atoms with Crippen LogP contribution in [0.3, 0.4) is 0 Å². The third kappa shape index (κ3) is 3.38. The fourth-order valence-corrected chi connectivity index (χ4v) is 2.84. The summed E-state index contributed by atoms with van der Waals surface area (Å²) in [6.45, 7) is 3.71. The van der Waals surface area contributed by atoms with Crippen molar-refractivity contribution >= 4 is 17.7 Å². The van der Waals surface area contributed by atoms with Gasteiger partial charge in [0.15, 0.2) is 0 Å². The molecule has 0 unspecified atom stereocenters. The first-order valence-electron chi connectivity index (χ1n) is 5.45. The number of rotatable bonds is 4. The van der Waals surface area contributed by atoms with Crippen molar-refractivity contribution in [1.29, 1.82) is 0 Å². The molecule has 1 saturated carbocycles. The Balaban J connectivity index is 2.45. The van der Waals surface area contributed by atoms with Crippen LogP contribution in [-0.2, 0) is 4.79 Å². The van der Waals surface area contributed by atoms with Crippen LogP contribution in [-0.4, -0.2) is 34.2 Å². The van der Waals surface area contributed by atoms with E-state index in [1.165, 1.54) is 39.5 Å². The largest absolute Gasteiger partial charge is 0.381 e. The van der Waals surface area contributed by atoms with Crippen LogP contribution in [0.2, 0.25) is 0 Å². The Labute approximate surface area is 96.0 Å². The van der Waals surface area contributed by atoms with Crippen LogP contribution in [0.25, 0.3) is 0 Å². The summed E-state index contributed by atoms with van der Waals surface area (Å²) in [5.41, 5.74) is -1.27. The van der Waals surface area contributed by atoms with Gasteiger partial charge >= 0.3 is 0 Å². The molecule has 1 rings (SSSR count). The quantitative estimate of drug-likeness (QED) is 0.772. The van der Waals surface area contributed by atoms with Crippen molar-refractivity contribution in [3.8, 4) is 0 Å². The highest BCUT2D eigenvalue weighted by Gasteiger charge is 2.34. The molecule has 1 fully saturated rings. The molecule has 0 bridgehead atoms. The first-order valence-corrected chi connectivity index (χ1v) is 6.68. The highest BCUT2D eigenvalue weighted by molar-refractivity contribution is 8.00. The fourth-order valence-electron chi connectivity index (χ4n) is 1.93. The number of aliphatic hydroxyl groups is 1. The van der Waals surface area contributed by atoms with Crippen molar-refractivity contribution in [2.24, 2.45) is 0 Å². The second kappa shape index (κ2) is 4.74. The van der Waals surface area contributed by atoms with E-state index in [9.17, 15) is 9.90 Å². The number of hydrogen-bond donors (Lipinski definition) is 2. The average molecular weight is 231 g/mol. The van der Waals surface area contributed by atoms with E-state index in [4.69, 9.17) is 0 Å². The Kier molecular flexibility index (Phi) is 4.06. The van der Waals surface area contributed by atoms with Crippen LogP contribution in [0.1, 0.15) is 39.5 Å². The third-order valence-electron chi connectivity index (χ3n) is 3.07. The van der Waals surface area contributed by atoms with Gasteiger partial charge in [-0.3, -0.25) is 4.79 Å². The summed E-state index contributed by atoms with van der Waals surface area (Å²) >= 11 is 1.84. The van der Waals surface area contributed by atoms with Crippen LogP contribution in [0.5, 0.6) is 0 Å². The van der Waals surface area contributed by atoms with E-state index in [2.05, 4.69) is 11.6 Å². The Hall–Kier alpha value is -0.220. The fraction of sp³-hybridized carbons (Fsp3) is 0.909. The summed E-state index contributed by atoms with van der Waals surface area (Å²) in [4.78, 5) is 11.5. The average Bonchev–Trinajstić information content (AvgIpc) is 2.62. The summed E-state index contributed by atoms with van der Waals surface area (Å²) in [5, 5.41) is 12.3. The van der Waals surface area contributed by atoms with Crippen LogP contribution in [0.15, 0.2) is 0 Å². The molecule has 4 heteroatoms. The van der Waals surface area contributed by atoms with Gasteiger partial charge in [-0.15, -0.1) is 0 Å². The zero-order chi connectivity index (χ0) is 11.5. The minimum atomic E-state index is -1.27. The molecule has 0 atom stereocenters. The minimum absolute atomic E-state index is 0.209. The van der Waals surface area contributed by atoms with E-state index >= 15 is 0 Å². The predicted molar refractivity (Wildman–Crippen MR) is 64.0 cm³/mol. The maximum absolute atomic E-state index is 11.5. The Morgan fingerprint density at radius 1 is 1.47 bits per heavy atom. The summed E-state index contributed by atoms with van der Waals surface area (Å²) in [7, 11) is 0. The molecule has 0 spiro atoms. The number of amides is 1. The van der Waals surface area contributed by atoms with E-state index in [0.717, 1.165) is 0 Å². The van der Waals surface area contributed by atoms with E-state index in [-0.39, 0.29) is 10.7 Å². The predicted octanol–water partition coefficient (Wildman–Crippen LogP) is 1.55. The van der Waals surface area contributed by atoms with E-state index in [1.54, 1.807) is 0 Å². The summed E-state index contributed by atoms with van der Waals surface area (Å²) in [6, 6.07) is 0. The Morgan fingerprint density at radius 3 is 2.40 bits per heavy atom. The van der Waals surface area contributed by atoms with Crippen molar-refractivity contribution in [3.05, 3.63) is 0 Å². The molecular formula is C11H21NO2S. The van der Waals surface area contributed by atoms with Crippen LogP contribution in [0.4, 0.5) is 0 Å². The number of carbonyl (C=O) groups is 1. The molecule has 1 aliphatic carbocycles. The number of hydrogen-bond acceptors (Lipinski definition) is 3.